The number of aliphatic imine (C=N–C) groups is 2. The van der Waals surface area contributed by atoms with Crippen LogP contribution in [0, 0.1) is 32.6 Å². The minimum Gasteiger partial charge on any atom is -0.403 e. The number of nitrogens with one attached hydrogen (secondary N) is 1. The highest BCUT2D eigenvalue weighted by Gasteiger charge is 2.09. The SMILES string of the molecule is CC#CC(=O)N/C(=C/N)C(/C=C\C=Nc1cc(C)c(C)cc1C)=NC(C)COC. The van der Waals surface area contributed by atoms with Gasteiger partial charge in [-0.2, -0.15) is 0 Å². The van der Waals surface area contributed by atoms with Crippen LogP contribution in [-0.4, -0.2) is 37.6 Å². The van der Waals surface area contributed by atoms with E-state index in [1.54, 1.807) is 32.4 Å². The van der Waals surface area contributed by atoms with Crippen molar-refractivity contribution in [2.75, 3.05) is 13.7 Å². The predicted molar refractivity (Wildman–Crippen MR) is 121 cm³/mol. The van der Waals surface area contributed by atoms with Crippen LogP contribution in [0.15, 0.2) is 46.2 Å². The van der Waals surface area contributed by atoms with Crippen molar-refractivity contribution in [2.24, 2.45) is 15.7 Å². The molecule has 154 valence electrons. The number of aryl methyl sites for hydroxylation is 3. The molecule has 0 heterocycles. The van der Waals surface area contributed by atoms with Crippen LogP contribution in [0.4, 0.5) is 5.69 Å². The van der Waals surface area contributed by atoms with Crippen molar-refractivity contribution in [3.05, 3.63) is 52.9 Å². The van der Waals surface area contributed by atoms with Crippen molar-refractivity contribution in [1.82, 2.24) is 5.32 Å². The maximum atomic E-state index is 11.8. The number of hydrogen-bond acceptors (Lipinski definition) is 5. The number of nitrogens with zero attached hydrogens (tertiary/aromatic N) is 2. The molecule has 0 aliphatic rings. The van der Waals surface area contributed by atoms with Gasteiger partial charge in [0.15, 0.2) is 0 Å². The van der Waals surface area contributed by atoms with Crippen molar-refractivity contribution in [3.8, 4) is 11.8 Å². The molecule has 0 aromatic heterocycles. The number of rotatable bonds is 8. The molecule has 0 fully saturated rings. The molecule has 1 aromatic carbocycles. The van der Waals surface area contributed by atoms with E-state index in [0.717, 1.165) is 11.3 Å². The minimum absolute atomic E-state index is 0.123. The predicted octanol–water partition coefficient (Wildman–Crippen LogP) is 3.29. The molecule has 1 unspecified atom stereocenters. The quantitative estimate of drug-likeness (QED) is 0.524. The topological polar surface area (TPSA) is 89.1 Å². The van der Waals surface area contributed by atoms with E-state index < -0.39 is 5.91 Å². The highest BCUT2D eigenvalue weighted by Crippen LogP contribution is 2.22. The van der Waals surface area contributed by atoms with Crippen LogP contribution in [-0.2, 0) is 9.53 Å². The Balaban J connectivity index is 3.11. The third-order valence-corrected chi connectivity index (χ3v) is 4.06. The van der Waals surface area contributed by atoms with Gasteiger partial charge < -0.3 is 15.8 Å². The summed E-state index contributed by atoms with van der Waals surface area (Å²) in [6, 6.07) is 4.05. The molecule has 0 bridgehead atoms. The van der Waals surface area contributed by atoms with Gasteiger partial charge >= 0.3 is 0 Å². The van der Waals surface area contributed by atoms with Gasteiger partial charge in [-0.15, -0.1) is 0 Å². The van der Waals surface area contributed by atoms with Crippen LogP contribution in [0.25, 0.3) is 0 Å². The number of benzene rings is 1. The summed E-state index contributed by atoms with van der Waals surface area (Å²) in [7, 11) is 1.61. The van der Waals surface area contributed by atoms with Crippen molar-refractivity contribution >= 4 is 23.5 Å². The van der Waals surface area contributed by atoms with Gasteiger partial charge in [-0.3, -0.25) is 14.8 Å². The second kappa shape index (κ2) is 12.3. The third kappa shape index (κ3) is 8.16. The molecule has 3 N–H and O–H groups in total. The number of methoxy groups -OCH3 is 1. The lowest BCUT2D eigenvalue weighted by Gasteiger charge is -2.11. The first-order chi connectivity index (χ1) is 13.8. The van der Waals surface area contributed by atoms with Gasteiger partial charge in [0.05, 0.1) is 29.7 Å². The second-order valence-corrected chi connectivity index (χ2v) is 6.59. The molecule has 0 radical (unpaired) electrons. The van der Waals surface area contributed by atoms with Crippen molar-refractivity contribution in [2.45, 2.75) is 40.7 Å². The molecule has 1 amide bonds. The number of carbonyl (C=O) groups excluding carboxylic acids is 1. The minimum atomic E-state index is -0.455. The zero-order chi connectivity index (χ0) is 21.8. The van der Waals surface area contributed by atoms with Gasteiger partial charge in [0.2, 0.25) is 0 Å². The Morgan fingerprint density at radius 2 is 1.97 bits per heavy atom. The van der Waals surface area contributed by atoms with Crippen LogP contribution < -0.4 is 11.1 Å². The average Bonchev–Trinajstić information content (AvgIpc) is 2.66. The molecule has 6 nitrogen and oxygen atoms in total. The van der Waals surface area contributed by atoms with Crippen LogP contribution >= 0.6 is 0 Å². The fraction of sp³-hybridized carbons (Fsp3) is 0.348. The Morgan fingerprint density at radius 1 is 1.28 bits per heavy atom. The standard InChI is InChI=1S/C23H30N4O2/c1-7-9-23(28)27-22(14-24)20(26-19(5)15-29-6)10-8-11-25-21-13-17(3)16(2)12-18(21)4/h8,10-14,19H,15,24H2,1-6H3,(H,27,28)/b10-8-,22-14+,25-11?,26-20?. The van der Waals surface area contributed by atoms with E-state index in [9.17, 15) is 4.79 Å². The van der Waals surface area contributed by atoms with E-state index in [1.165, 1.54) is 17.3 Å². The molecule has 1 atom stereocenters. The number of amides is 1. The van der Waals surface area contributed by atoms with Gasteiger partial charge in [-0.1, -0.05) is 12.0 Å². The zero-order valence-electron chi connectivity index (χ0n) is 18.0. The smallest absolute Gasteiger partial charge is 0.300 e. The van der Waals surface area contributed by atoms with Crippen LogP contribution in [0.2, 0.25) is 0 Å². The van der Waals surface area contributed by atoms with Gasteiger partial charge in [0, 0.05) is 19.5 Å². The lowest BCUT2D eigenvalue weighted by Crippen LogP contribution is -2.27. The van der Waals surface area contributed by atoms with Crippen molar-refractivity contribution in [1.29, 1.82) is 0 Å². The molecule has 0 aliphatic heterocycles. The molecular formula is C23H30N4O2. The van der Waals surface area contributed by atoms with Gasteiger partial charge in [-0.05, 0) is 75.4 Å². The summed E-state index contributed by atoms with van der Waals surface area (Å²) in [5.41, 5.74) is 11.0. The van der Waals surface area contributed by atoms with Crippen molar-refractivity contribution in [3.63, 3.8) is 0 Å². The number of carbonyl (C=O) groups is 1. The lowest BCUT2D eigenvalue weighted by atomic mass is 10.1. The summed E-state index contributed by atoms with van der Waals surface area (Å²) in [5.74, 6) is 4.52. The Kier molecular flexibility index (Phi) is 10.1. The van der Waals surface area contributed by atoms with E-state index >= 15 is 0 Å². The summed E-state index contributed by atoms with van der Waals surface area (Å²) < 4.78 is 5.14. The molecule has 0 saturated carbocycles. The average molecular weight is 395 g/mol. The summed E-state index contributed by atoms with van der Waals surface area (Å²) in [6.07, 6.45) is 6.48. The first-order valence-electron chi connectivity index (χ1n) is 9.33. The van der Waals surface area contributed by atoms with Crippen LogP contribution in [0.1, 0.15) is 30.5 Å². The van der Waals surface area contributed by atoms with Crippen molar-refractivity contribution < 1.29 is 9.53 Å². The van der Waals surface area contributed by atoms with Crippen LogP contribution in [0.3, 0.4) is 0 Å². The highest BCUT2D eigenvalue weighted by atomic mass is 16.5. The molecule has 0 spiro atoms. The maximum absolute atomic E-state index is 11.8. The van der Waals surface area contributed by atoms with Gasteiger partial charge in [-0.25, -0.2) is 0 Å². The lowest BCUT2D eigenvalue weighted by molar-refractivity contribution is -0.114. The Hall–Kier alpha value is -3.17. The molecule has 1 rings (SSSR count). The van der Waals surface area contributed by atoms with E-state index in [-0.39, 0.29) is 6.04 Å². The van der Waals surface area contributed by atoms with E-state index in [1.807, 2.05) is 13.8 Å². The zero-order valence-corrected chi connectivity index (χ0v) is 18.0. The Bertz CT molecular complexity index is 899. The first-order valence-corrected chi connectivity index (χ1v) is 9.33. The van der Waals surface area contributed by atoms with Crippen LogP contribution in [0.5, 0.6) is 0 Å². The summed E-state index contributed by atoms with van der Waals surface area (Å²) in [4.78, 5) is 20.9. The second-order valence-electron chi connectivity index (χ2n) is 6.59. The third-order valence-electron chi connectivity index (χ3n) is 4.06. The summed E-state index contributed by atoms with van der Waals surface area (Å²) in [5, 5.41) is 2.65. The first kappa shape index (κ1) is 23.9. The normalized spacial score (nSPS) is 13.4. The molecule has 0 aliphatic carbocycles. The number of ether oxygens (including phenoxy) is 1. The molecule has 29 heavy (non-hydrogen) atoms. The fourth-order valence-corrected chi connectivity index (χ4v) is 2.52. The van der Waals surface area contributed by atoms with Gasteiger partial charge in [0.1, 0.15) is 0 Å². The molecule has 0 saturated heterocycles. The molecule has 6 heteroatoms. The summed E-state index contributed by atoms with van der Waals surface area (Å²) >= 11 is 0. The highest BCUT2D eigenvalue weighted by molar-refractivity contribution is 6.12. The van der Waals surface area contributed by atoms with E-state index in [0.29, 0.717) is 18.0 Å². The summed E-state index contributed by atoms with van der Waals surface area (Å²) in [6.45, 7) is 10.1. The number of nitrogens with two attached hydrogens (primary N) is 1. The Labute approximate surface area is 173 Å². The molecular weight excluding hydrogens is 364 g/mol. The fourth-order valence-electron chi connectivity index (χ4n) is 2.52. The molecule has 1 aromatic rings. The number of allylic oxidation sites excluding steroid dienone is 2. The maximum Gasteiger partial charge on any atom is 0.300 e. The Morgan fingerprint density at radius 3 is 2.59 bits per heavy atom. The van der Waals surface area contributed by atoms with E-state index in [4.69, 9.17) is 10.5 Å². The number of hydrogen-bond donors (Lipinski definition) is 2. The van der Waals surface area contributed by atoms with E-state index in [2.05, 4.69) is 53.1 Å². The van der Waals surface area contributed by atoms with Gasteiger partial charge in [0.25, 0.3) is 5.91 Å². The largest absolute Gasteiger partial charge is 0.403 e. The monoisotopic (exact) mass is 394 g/mol.